The van der Waals surface area contributed by atoms with Gasteiger partial charge in [-0.15, -0.1) is 0 Å². The summed E-state index contributed by atoms with van der Waals surface area (Å²) in [6.45, 7) is 7.23. The summed E-state index contributed by atoms with van der Waals surface area (Å²) >= 11 is 0. The number of nitrogens with zero attached hydrogens (tertiary/aromatic N) is 4. The average Bonchev–Trinajstić information content (AvgIpc) is 3.38. The molecule has 0 saturated carbocycles. The van der Waals surface area contributed by atoms with Gasteiger partial charge in [0.1, 0.15) is 0 Å². The van der Waals surface area contributed by atoms with Crippen LogP contribution in [0.25, 0.3) is 5.69 Å². The molecule has 2 aromatic heterocycles. The van der Waals surface area contributed by atoms with E-state index in [4.69, 9.17) is 0 Å². The van der Waals surface area contributed by atoms with Crippen LogP contribution in [0, 0.1) is 31.4 Å². The fourth-order valence-corrected chi connectivity index (χ4v) is 4.02. The van der Waals surface area contributed by atoms with Crippen molar-refractivity contribution in [2.45, 2.75) is 46.6 Å². The van der Waals surface area contributed by atoms with Crippen LogP contribution < -0.4 is 5.32 Å². The highest BCUT2D eigenvalue weighted by molar-refractivity contribution is 5.94. The lowest BCUT2D eigenvalue weighted by Crippen LogP contribution is -2.31. The molecule has 6 nitrogen and oxygen atoms in total. The minimum Gasteiger partial charge on any atom is -0.350 e. The Morgan fingerprint density at radius 2 is 1.97 bits per heavy atom. The van der Waals surface area contributed by atoms with Crippen molar-refractivity contribution in [3.63, 3.8) is 0 Å². The van der Waals surface area contributed by atoms with E-state index in [1.54, 1.807) is 4.68 Å². The van der Waals surface area contributed by atoms with Crippen molar-refractivity contribution in [1.29, 1.82) is 0 Å². The van der Waals surface area contributed by atoms with Crippen LogP contribution in [-0.2, 0) is 19.4 Å². The second-order valence-corrected chi connectivity index (χ2v) is 8.06. The Morgan fingerprint density at radius 1 is 1.17 bits per heavy atom. The number of benzene rings is 1. The summed E-state index contributed by atoms with van der Waals surface area (Å²) in [6, 6.07) is 5.69. The summed E-state index contributed by atoms with van der Waals surface area (Å²) in [4.78, 5) is 12.9. The molecule has 8 heteroatoms. The summed E-state index contributed by atoms with van der Waals surface area (Å²) in [5.74, 6) is -1.89. The number of halogens is 2. The smallest absolute Gasteiger partial charge is 0.272 e. The third-order valence-corrected chi connectivity index (χ3v) is 5.49. The van der Waals surface area contributed by atoms with Crippen molar-refractivity contribution in [2.75, 3.05) is 6.54 Å². The van der Waals surface area contributed by atoms with E-state index in [-0.39, 0.29) is 11.8 Å². The van der Waals surface area contributed by atoms with Crippen LogP contribution in [0.15, 0.2) is 24.3 Å². The Hall–Kier alpha value is -3.03. The zero-order valence-electron chi connectivity index (χ0n) is 17.4. The SMILES string of the molecule is Cc1cc(C)n(CC(C)CNC(=O)c2nn(-c3ccc(F)c(F)c3)c3c2CCC3)n1. The number of carbonyl (C=O) groups excluding carboxylic acids is 1. The van der Waals surface area contributed by atoms with E-state index in [1.165, 1.54) is 6.07 Å². The molecule has 2 heterocycles. The van der Waals surface area contributed by atoms with Gasteiger partial charge in [0.05, 0.1) is 11.4 Å². The van der Waals surface area contributed by atoms with E-state index in [1.807, 2.05) is 24.6 Å². The van der Waals surface area contributed by atoms with E-state index >= 15 is 0 Å². The Kier molecular flexibility index (Phi) is 5.40. The number of aryl methyl sites for hydroxylation is 2. The summed E-state index contributed by atoms with van der Waals surface area (Å²) in [7, 11) is 0. The van der Waals surface area contributed by atoms with Crippen LogP contribution in [0.2, 0.25) is 0 Å². The third kappa shape index (κ3) is 3.86. The number of aromatic nitrogens is 4. The molecule has 1 N–H and O–H groups in total. The number of nitrogens with one attached hydrogen (secondary N) is 1. The predicted octanol–water partition coefficient (Wildman–Crippen LogP) is 3.52. The zero-order valence-corrected chi connectivity index (χ0v) is 17.4. The fourth-order valence-electron chi connectivity index (χ4n) is 4.02. The summed E-state index contributed by atoms with van der Waals surface area (Å²) in [5.41, 5.74) is 4.63. The minimum atomic E-state index is -0.932. The molecule has 0 bridgehead atoms. The van der Waals surface area contributed by atoms with Crippen LogP contribution in [0.1, 0.15) is 46.5 Å². The van der Waals surface area contributed by atoms with E-state index in [0.29, 0.717) is 24.5 Å². The van der Waals surface area contributed by atoms with Gasteiger partial charge in [-0.3, -0.25) is 9.48 Å². The maximum atomic E-state index is 13.7. The zero-order chi connectivity index (χ0) is 21.4. The van der Waals surface area contributed by atoms with Gasteiger partial charge in [-0.1, -0.05) is 6.92 Å². The first-order chi connectivity index (χ1) is 14.3. The van der Waals surface area contributed by atoms with E-state index in [0.717, 1.165) is 54.0 Å². The van der Waals surface area contributed by atoms with Crippen molar-refractivity contribution in [3.05, 3.63) is 64.2 Å². The molecule has 0 saturated heterocycles. The average molecular weight is 413 g/mol. The summed E-state index contributed by atoms with van der Waals surface area (Å²) in [5, 5.41) is 11.9. The molecule has 3 aromatic rings. The quantitative estimate of drug-likeness (QED) is 0.673. The minimum absolute atomic E-state index is 0.188. The number of fused-ring (bicyclic) bond motifs is 1. The van der Waals surface area contributed by atoms with Gasteiger partial charge >= 0.3 is 0 Å². The Bertz CT molecular complexity index is 1100. The highest BCUT2D eigenvalue weighted by Crippen LogP contribution is 2.28. The van der Waals surface area contributed by atoms with E-state index in [2.05, 4.69) is 22.4 Å². The molecule has 1 atom stereocenters. The first-order valence-electron chi connectivity index (χ1n) is 10.2. The Labute approximate surface area is 173 Å². The standard InChI is InChI=1S/C22H25F2N5O/c1-13(12-28-15(3)9-14(2)26-28)11-25-22(30)21-17-5-4-6-20(17)29(27-21)16-7-8-18(23)19(24)10-16/h7-10,13H,4-6,11-12H2,1-3H3,(H,25,30). The van der Waals surface area contributed by atoms with Gasteiger partial charge in [0, 0.05) is 36.1 Å². The lowest BCUT2D eigenvalue weighted by atomic mass is 10.1. The second-order valence-electron chi connectivity index (χ2n) is 8.06. The first kappa shape index (κ1) is 20.3. The molecule has 1 amide bonds. The van der Waals surface area contributed by atoms with Crippen LogP contribution in [0.5, 0.6) is 0 Å². The molecular formula is C22H25F2N5O. The lowest BCUT2D eigenvalue weighted by molar-refractivity contribution is 0.0940. The third-order valence-electron chi connectivity index (χ3n) is 5.49. The Morgan fingerprint density at radius 3 is 2.67 bits per heavy atom. The van der Waals surface area contributed by atoms with Crippen LogP contribution >= 0.6 is 0 Å². The van der Waals surface area contributed by atoms with Crippen LogP contribution in [0.3, 0.4) is 0 Å². The van der Waals surface area contributed by atoms with Crippen molar-refractivity contribution in [1.82, 2.24) is 24.9 Å². The number of hydrogen-bond acceptors (Lipinski definition) is 3. The van der Waals surface area contributed by atoms with Gasteiger partial charge in [0.15, 0.2) is 17.3 Å². The molecule has 1 unspecified atom stereocenters. The second kappa shape index (κ2) is 8.01. The van der Waals surface area contributed by atoms with Crippen molar-refractivity contribution >= 4 is 5.91 Å². The largest absolute Gasteiger partial charge is 0.350 e. The van der Waals surface area contributed by atoms with Crippen molar-refractivity contribution in [2.24, 2.45) is 5.92 Å². The molecule has 1 aliphatic rings. The molecule has 0 radical (unpaired) electrons. The van der Waals surface area contributed by atoms with Crippen LogP contribution in [0.4, 0.5) is 8.78 Å². The van der Waals surface area contributed by atoms with Gasteiger partial charge < -0.3 is 5.32 Å². The molecule has 0 fully saturated rings. The van der Waals surface area contributed by atoms with E-state index in [9.17, 15) is 13.6 Å². The topological polar surface area (TPSA) is 64.7 Å². The summed E-state index contributed by atoms with van der Waals surface area (Å²) in [6.07, 6.45) is 2.41. The fraction of sp³-hybridized carbons (Fsp3) is 0.409. The Balaban J connectivity index is 1.49. The first-order valence-corrected chi connectivity index (χ1v) is 10.2. The molecule has 4 rings (SSSR count). The van der Waals surface area contributed by atoms with Gasteiger partial charge in [-0.2, -0.15) is 10.2 Å². The molecule has 1 aliphatic carbocycles. The normalized spacial score (nSPS) is 14.0. The number of carbonyl (C=O) groups is 1. The number of hydrogen-bond donors (Lipinski definition) is 1. The number of rotatable bonds is 6. The molecule has 0 aliphatic heterocycles. The molecule has 158 valence electrons. The monoisotopic (exact) mass is 413 g/mol. The van der Waals surface area contributed by atoms with Crippen molar-refractivity contribution < 1.29 is 13.6 Å². The van der Waals surface area contributed by atoms with Crippen molar-refractivity contribution in [3.8, 4) is 5.69 Å². The van der Waals surface area contributed by atoms with Gasteiger partial charge in [-0.25, -0.2) is 13.5 Å². The maximum absolute atomic E-state index is 13.7. The molecule has 0 spiro atoms. The highest BCUT2D eigenvalue weighted by atomic mass is 19.2. The highest BCUT2D eigenvalue weighted by Gasteiger charge is 2.27. The molecule has 30 heavy (non-hydrogen) atoms. The van der Waals surface area contributed by atoms with E-state index < -0.39 is 11.6 Å². The van der Waals surface area contributed by atoms with Gasteiger partial charge in [0.25, 0.3) is 5.91 Å². The lowest BCUT2D eigenvalue weighted by Gasteiger charge is -2.13. The predicted molar refractivity (Wildman–Crippen MR) is 109 cm³/mol. The maximum Gasteiger partial charge on any atom is 0.272 e. The molecular weight excluding hydrogens is 388 g/mol. The summed E-state index contributed by atoms with van der Waals surface area (Å²) < 4.78 is 30.5. The van der Waals surface area contributed by atoms with Crippen LogP contribution in [-0.4, -0.2) is 32.0 Å². The molecule has 1 aromatic carbocycles. The van der Waals surface area contributed by atoms with Gasteiger partial charge in [0.2, 0.25) is 0 Å². The number of amides is 1. The van der Waals surface area contributed by atoms with Gasteiger partial charge in [-0.05, 0) is 57.2 Å².